The lowest BCUT2D eigenvalue weighted by atomic mass is 10.1. The summed E-state index contributed by atoms with van der Waals surface area (Å²) >= 11 is 0. The van der Waals surface area contributed by atoms with Gasteiger partial charge in [0.15, 0.2) is 6.10 Å². The van der Waals surface area contributed by atoms with Crippen LogP contribution in [0.1, 0.15) is 10.4 Å². The summed E-state index contributed by atoms with van der Waals surface area (Å²) in [5.41, 5.74) is 0.405. The largest absolute Gasteiger partial charge is 0.479 e. The molecular formula is C16H15N3O5. The van der Waals surface area contributed by atoms with Crippen molar-refractivity contribution in [2.24, 2.45) is 0 Å². The van der Waals surface area contributed by atoms with Crippen LogP contribution in [0.15, 0.2) is 42.9 Å². The standard InChI is InChI=1S/C16H15N3O5/c20-15(19-6-7-23-13(10-19)16(21)22)11-2-1-3-12(8-11)24-14-9-17-4-5-18-14/h1-5,8-9,13H,6-7,10H2,(H,21,22). The second kappa shape index (κ2) is 7.05. The predicted molar refractivity (Wildman–Crippen MR) is 81.8 cm³/mol. The van der Waals surface area contributed by atoms with Crippen LogP contribution in [-0.4, -0.2) is 57.7 Å². The molecule has 1 unspecified atom stereocenters. The molecule has 0 radical (unpaired) electrons. The maximum atomic E-state index is 12.6. The molecule has 1 N–H and O–H groups in total. The summed E-state index contributed by atoms with van der Waals surface area (Å²) < 4.78 is 10.7. The van der Waals surface area contributed by atoms with E-state index in [1.807, 2.05) is 0 Å². The molecule has 1 fully saturated rings. The Morgan fingerprint density at radius 2 is 2.21 bits per heavy atom. The Morgan fingerprint density at radius 1 is 1.33 bits per heavy atom. The highest BCUT2D eigenvalue weighted by atomic mass is 16.5. The van der Waals surface area contributed by atoms with Crippen LogP contribution in [0.5, 0.6) is 11.6 Å². The van der Waals surface area contributed by atoms with Gasteiger partial charge in [-0.25, -0.2) is 9.78 Å². The van der Waals surface area contributed by atoms with E-state index in [0.29, 0.717) is 23.7 Å². The maximum absolute atomic E-state index is 12.6. The van der Waals surface area contributed by atoms with Gasteiger partial charge in [-0.15, -0.1) is 0 Å². The van der Waals surface area contributed by atoms with E-state index in [1.54, 1.807) is 24.3 Å². The average Bonchev–Trinajstić information content (AvgIpc) is 2.62. The Hall–Kier alpha value is -3.00. The fraction of sp³-hybridized carbons (Fsp3) is 0.250. The van der Waals surface area contributed by atoms with Crippen LogP contribution in [-0.2, 0) is 9.53 Å². The SMILES string of the molecule is O=C(O)C1CN(C(=O)c2cccc(Oc3cnccn3)c2)CCO1. The highest BCUT2D eigenvalue weighted by Crippen LogP contribution is 2.21. The molecule has 2 aromatic rings. The normalized spacial score (nSPS) is 17.3. The van der Waals surface area contributed by atoms with Crippen molar-refractivity contribution in [3.05, 3.63) is 48.4 Å². The molecule has 124 valence electrons. The molecule has 0 saturated carbocycles. The molecule has 8 heteroatoms. The van der Waals surface area contributed by atoms with Gasteiger partial charge < -0.3 is 19.5 Å². The Labute approximate surface area is 137 Å². The molecular weight excluding hydrogens is 314 g/mol. The molecule has 0 bridgehead atoms. The number of carboxylic acid groups (broad SMARTS) is 1. The van der Waals surface area contributed by atoms with Crippen LogP contribution in [0.4, 0.5) is 0 Å². The molecule has 2 heterocycles. The van der Waals surface area contributed by atoms with Crippen molar-refractivity contribution < 1.29 is 24.2 Å². The van der Waals surface area contributed by atoms with Crippen molar-refractivity contribution in [2.75, 3.05) is 19.7 Å². The number of aliphatic carboxylic acids is 1. The second-order valence-electron chi connectivity index (χ2n) is 5.12. The molecule has 1 aromatic heterocycles. The van der Waals surface area contributed by atoms with Crippen molar-refractivity contribution in [1.29, 1.82) is 0 Å². The van der Waals surface area contributed by atoms with Gasteiger partial charge in [0.05, 0.1) is 19.3 Å². The number of carbonyl (C=O) groups excluding carboxylic acids is 1. The first-order valence-corrected chi connectivity index (χ1v) is 7.31. The number of morpholine rings is 1. The number of benzene rings is 1. The zero-order valence-electron chi connectivity index (χ0n) is 12.7. The number of nitrogens with zero attached hydrogens (tertiary/aromatic N) is 3. The Morgan fingerprint density at radius 3 is 2.96 bits per heavy atom. The van der Waals surface area contributed by atoms with Gasteiger partial charge in [0.2, 0.25) is 5.88 Å². The number of carbonyl (C=O) groups is 2. The average molecular weight is 329 g/mol. The Balaban J connectivity index is 1.73. The van der Waals surface area contributed by atoms with E-state index in [0.717, 1.165) is 0 Å². The highest BCUT2D eigenvalue weighted by Gasteiger charge is 2.29. The third kappa shape index (κ3) is 3.66. The number of amides is 1. The van der Waals surface area contributed by atoms with Crippen LogP contribution in [0, 0.1) is 0 Å². The highest BCUT2D eigenvalue weighted by molar-refractivity contribution is 5.95. The Bertz CT molecular complexity index is 738. The van der Waals surface area contributed by atoms with Gasteiger partial charge in [0.1, 0.15) is 5.75 Å². The van der Waals surface area contributed by atoms with Gasteiger partial charge in [-0.2, -0.15) is 0 Å². The molecule has 1 aromatic carbocycles. The van der Waals surface area contributed by atoms with Gasteiger partial charge in [-0.1, -0.05) is 6.07 Å². The first kappa shape index (κ1) is 15.9. The van der Waals surface area contributed by atoms with Gasteiger partial charge in [-0.3, -0.25) is 9.78 Å². The quantitative estimate of drug-likeness (QED) is 0.899. The van der Waals surface area contributed by atoms with Crippen LogP contribution in [0.2, 0.25) is 0 Å². The van der Waals surface area contributed by atoms with Gasteiger partial charge >= 0.3 is 5.97 Å². The zero-order valence-corrected chi connectivity index (χ0v) is 12.7. The van der Waals surface area contributed by atoms with Crippen LogP contribution < -0.4 is 4.74 Å². The van der Waals surface area contributed by atoms with Gasteiger partial charge in [-0.05, 0) is 18.2 Å². The number of carboxylic acids is 1. The van der Waals surface area contributed by atoms with E-state index in [-0.39, 0.29) is 19.1 Å². The number of rotatable bonds is 4. The fourth-order valence-electron chi connectivity index (χ4n) is 2.32. The summed E-state index contributed by atoms with van der Waals surface area (Å²) in [4.78, 5) is 33.0. The molecule has 1 atom stereocenters. The predicted octanol–water partition coefficient (Wildman–Crippen LogP) is 1.19. The third-order valence-electron chi connectivity index (χ3n) is 3.47. The minimum absolute atomic E-state index is 0.0173. The summed E-state index contributed by atoms with van der Waals surface area (Å²) in [7, 11) is 0. The lowest BCUT2D eigenvalue weighted by Gasteiger charge is -2.31. The van der Waals surface area contributed by atoms with E-state index in [2.05, 4.69) is 9.97 Å². The summed E-state index contributed by atoms with van der Waals surface area (Å²) in [6.07, 6.45) is 3.50. The number of aromatic nitrogens is 2. The summed E-state index contributed by atoms with van der Waals surface area (Å²) in [6.45, 7) is 0.555. The lowest BCUT2D eigenvalue weighted by Crippen LogP contribution is -2.48. The summed E-state index contributed by atoms with van der Waals surface area (Å²) in [6, 6.07) is 6.62. The smallest absolute Gasteiger partial charge is 0.334 e. The molecule has 1 saturated heterocycles. The van der Waals surface area contributed by atoms with Crippen LogP contribution >= 0.6 is 0 Å². The number of ether oxygens (including phenoxy) is 2. The first-order valence-electron chi connectivity index (χ1n) is 7.31. The zero-order chi connectivity index (χ0) is 16.9. The molecule has 3 rings (SSSR count). The van der Waals surface area contributed by atoms with Gasteiger partial charge in [0.25, 0.3) is 5.91 Å². The first-order chi connectivity index (χ1) is 11.6. The minimum Gasteiger partial charge on any atom is -0.479 e. The molecule has 1 amide bonds. The van der Waals surface area contributed by atoms with E-state index in [9.17, 15) is 9.59 Å². The molecule has 1 aliphatic heterocycles. The van der Waals surface area contributed by atoms with Crippen molar-refractivity contribution in [2.45, 2.75) is 6.10 Å². The third-order valence-corrected chi connectivity index (χ3v) is 3.47. The van der Waals surface area contributed by atoms with Crippen LogP contribution in [0.3, 0.4) is 0 Å². The van der Waals surface area contributed by atoms with Crippen molar-refractivity contribution in [3.8, 4) is 11.6 Å². The van der Waals surface area contributed by atoms with Crippen molar-refractivity contribution in [3.63, 3.8) is 0 Å². The minimum atomic E-state index is -1.08. The van der Waals surface area contributed by atoms with Crippen LogP contribution in [0.25, 0.3) is 0 Å². The summed E-state index contributed by atoms with van der Waals surface area (Å²) in [5, 5.41) is 9.02. The Kier molecular flexibility index (Phi) is 4.66. The fourth-order valence-corrected chi connectivity index (χ4v) is 2.32. The molecule has 1 aliphatic rings. The van der Waals surface area contributed by atoms with Gasteiger partial charge in [0, 0.05) is 24.5 Å². The van der Waals surface area contributed by atoms with E-state index in [4.69, 9.17) is 14.6 Å². The number of hydrogen-bond donors (Lipinski definition) is 1. The monoisotopic (exact) mass is 329 g/mol. The lowest BCUT2D eigenvalue weighted by molar-refractivity contribution is -0.154. The summed E-state index contributed by atoms with van der Waals surface area (Å²) in [5.74, 6) is -0.579. The van der Waals surface area contributed by atoms with Crippen molar-refractivity contribution in [1.82, 2.24) is 14.9 Å². The maximum Gasteiger partial charge on any atom is 0.334 e. The van der Waals surface area contributed by atoms with Crippen molar-refractivity contribution >= 4 is 11.9 Å². The number of hydrogen-bond acceptors (Lipinski definition) is 6. The molecule has 24 heavy (non-hydrogen) atoms. The van der Waals surface area contributed by atoms with E-state index < -0.39 is 12.1 Å². The molecule has 0 spiro atoms. The topological polar surface area (TPSA) is 102 Å². The van der Waals surface area contributed by atoms with E-state index in [1.165, 1.54) is 23.5 Å². The molecule has 8 nitrogen and oxygen atoms in total. The second-order valence-corrected chi connectivity index (χ2v) is 5.12. The molecule has 0 aliphatic carbocycles. The van der Waals surface area contributed by atoms with E-state index >= 15 is 0 Å².